The van der Waals surface area contributed by atoms with Gasteiger partial charge in [-0.25, -0.2) is 4.99 Å². The molecule has 0 spiro atoms. The number of nitro groups is 1. The molecule has 0 saturated heterocycles. The predicted molar refractivity (Wildman–Crippen MR) is 54.6 cm³/mol. The standard InChI is InChI=1S/C9H9N3O2/c10-6-3-7-11-8-4-1-2-5-9(8)12(13)14/h1-7H,10H2/b6-3-,11-7?. The number of hydrogen-bond donors (Lipinski definition) is 1. The van der Waals surface area contributed by atoms with Crippen molar-refractivity contribution < 1.29 is 4.92 Å². The third-order valence-electron chi connectivity index (χ3n) is 1.49. The highest BCUT2D eigenvalue weighted by Crippen LogP contribution is 2.25. The van der Waals surface area contributed by atoms with Crippen LogP contribution in [0.25, 0.3) is 0 Å². The van der Waals surface area contributed by atoms with E-state index in [1.165, 1.54) is 24.6 Å². The van der Waals surface area contributed by atoms with Gasteiger partial charge in [0.05, 0.1) is 4.92 Å². The molecule has 0 atom stereocenters. The first-order valence-corrected chi connectivity index (χ1v) is 3.90. The van der Waals surface area contributed by atoms with Crippen molar-refractivity contribution in [3.8, 4) is 0 Å². The molecule has 0 saturated carbocycles. The summed E-state index contributed by atoms with van der Waals surface area (Å²) >= 11 is 0. The summed E-state index contributed by atoms with van der Waals surface area (Å²) in [6.07, 6.45) is 4.21. The van der Waals surface area contributed by atoms with Gasteiger partial charge in [-0.15, -0.1) is 0 Å². The lowest BCUT2D eigenvalue weighted by molar-refractivity contribution is -0.384. The van der Waals surface area contributed by atoms with E-state index in [1.54, 1.807) is 18.2 Å². The van der Waals surface area contributed by atoms with Crippen molar-refractivity contribution in [1.82, 2.24) is 0 Å². The number of aliphatic imine (C=N–C) groups is 1. The van der Waals surface area contributed by atoms with Crippen LogP contribution in [0.4, 0.5) is 11.4 Å². The van der Waals surface area contributed by atoms with Gasteiger partial charge in [-0.05, 0) is 18.3 Å². The predicted octanol–water partition coefficient (Wildman–Crippen LogP) is 1.77. The topological polar surface area (TPSA) is 81.5 Å². The number of nitro benzene ring substituents is 1. The number of allylic oxidation sites excluding steroid dienone is 1. The second-order valence-electron chi connectivity index (χ2n) is 2.41. The van der Waals surface area contributed by atoms with Gasteiger partial charge in [0.2, 0.25) is 0 Å². The summed E-state index contributed by atoms with van der Waals surface area (Å²) in [5.74, 6) is 0. The van der Waals surface area contributed by atoms with Crippen molar-refractivity contribution in [1.29, 1.82) is 0 Å². The van der Waals surface area contributed by atoms with E-state index in [2.05, 4.69) is 4.99 Å². The molecule has 5 nitrogen and oxygen atoms in total. The van der Waals surface area contributed by atoms with Gasteiger partial charge in [0, 0.05) is 12.3 Å². The van der Waals surface area contributed by atoms with Gasteiger partial charge >= 0.3 is 0 Å². The van der Waals surface area contributed by atoms with Crippen LogP contribution >= 0.6 is 0 Å². The maximum Gasteiger partial charge on any atom is 0.294 e. The molecule has 1 rings (SSSR count). The van der Waals surface area contributed by atoms with Crippen LogP contribution in [0.2, 0.25) is 0 Å². The van der Waals surface area contributed by atoms with E-state index in [4.69, 9.17) is 5.73 Å². The molecule has 0 fully saturated rings. The van der Waals surface area contributed by atoms with Crippen LogP contribution in [0.5, 0.6) is 0 Å². The van der Waals surface area contributed by atoms with Crippen molar-refractivity contribution in [3.63, 3.8) is 0 Å². The van der Waals surface area contributed by atoms with Gasteiger partial charge < -0.3 is 5.73 Å². The molecule has 0 bridgehead atoms. The summed E-state index contributed by atoms with van der Waals surface area (Å²) in [7, 11) is 0. The average Bonchev–Trinajstić information content (AvgIpc) is 2.19. The quantitative estimate of drug-likeness (QED) is 0.449. The van der Waals surface area contributed by atoms with Crippen molar-refractivity contribution >= 4 is 17.6 Å². The van der Waals surface area contributed by atoms with E-state index in [0.29, 0.717) is 5.69 Å². The van der Waals surface area contributed by atoms with Crippen LogP contribution in [0.15, 0.2) is 41.5 Å². The third-order valence-corrected chi connectivity index (χ3v) is 1.49. The third kappa shape index (κ3) is 2.41. The Morgan fingerprint density at radius 3 is 2.79 bits per heavy atom. The lowest BCUT2D eigenvalue weighted by atomic mass is 10.3. The number of para-hydroxylation sites is 2. The Morgan fingerprint density at radius 1 is 1.43 bits per heavy atom. The van der Waals surface area contributed by atoms with E-state index in [0.717, 1.165) is 0 Å². The van der Waals surface area contributed by atoms with Crippen LogP contribution in [0.1, 0.15) is 0 Å². The Hall–Kier alpha value is -2.17. The number of nitrogens with zero attached hydrogens (tertiary/aromatic N) is 2. The number of rotatable bonds is 3. The van der Waals surface area contributed by atoms with Crippen LogP contribution in [0, 0.1) is 10.1 Å². The van der Waals surface area contributed by atoms with Gasteiger partial charge in [-0.3, -0.25) is 10.1 Å². The summed E-state index contributed by atoms with van der Waals surface area (Å²) in [6.45, 7) is 0. The monoisotopic (exact) mass is 191 g/mol. The number of benzene rings is 1. The molecule has 0 aliphatic carbocycles. The van der Waals surface area contributed by atoms with E-state index in [1.807, 2.05) is 0 Å². The molecule has 0 heterocycles. The number of hydrogen-bond acceptors (Lipinski definition) is 4. The second kappa shape index (κ2) is 4.76. The van der Waals surface area contributed by atoms with Crippen LogP contribution in [-0.4, -0.2) is 11.1 Å². The summed E-state index contributed by atoms with van der Waals surface area (Å²) in [6, 6.07) is 6.25. The molecule has 0 aliphatic rings. The van der Waals surface area contributed by atoms with E-state index >= 15 is 0 Å². The minimum Gasteiger partial charge on any atom is -0.405 e. The molecule has 1 aromatic rings. The van der Waals surface area contributed by atoms with E-state index < -0.39 is 4.92 Å². The minimum absolute atomic E-state index is 0.0193. The maximum atomic E-state index is 10.5. The molecular weight excluding hydrogens is 182 g/mol. The Morgan fingerprint density at radius 2 is 2.14 bits per heavy atom. The molecule has 72 valence electrons. The van der Waals surface area contributed by atoms with Crippen molar-refractivity contribution in [2.24, 2.45) is 10.7 Å². The fourth-order valence-electron chi connectivity index (χ4n) is 0.901. The SMILES string of the molecule is N/C=C\C=Nc1ccccc1[N+](=O)[O-]. The molecule has 0 aliphatic heterocycles. The van der Waals surface area contributed by atoms with E-state index in [9.17, 15) is 10.1 Å². The molecule has 1 aromatic carbocycles. The highest BCUT2D eigenvalue weighted by Gasteiger charge is 2.09. The Labute approximate surface area is 80.7 Å². The minimum atomic E-state index is -0.473. The lowest BCUT2D eigenvalue weighted by Crippen LogP contribution is -1.87. The van der Waals surface area contributed by atoms with Crippen molar-refractivity contribution in [2.45, 2.75) is 0 Å². The first kappa shape index (κ1) is 9.91. The van der Waals surface area contributed by atoms with Crippen LogP contribution < -0.4 is 5.73 Å². The van der Waals surface area contributed by atoms with Gasteiger partial charge in [-0.2, -0.15) is 0 Å². The average molecular weight is 191 g/mol. The zero-order valence-electron chi connectivity index (χ0n) is 7.33. The lowest BCUT2D eigenvalue weighted by Gasteiger charge is -1.94. The van der Waals surface area contributed by atoms with Crippen molar-refractivity contribution in [3.05, 3.63) is 46.7 Å². The Bertz CT molecular complexity index is 385. The number of nitrogens with two attached hydrogens (primary N) is 1. The zero-order valence-corrected chi connectivity index (χ0v) is 7.33. The summed E-state index contributed by atoms with van der Waals surface area (Å²) in [4.78, 5) is 14.0. The normalized spacial score (nSPS) is 11.1. The Balaban J connectivity index is 3.01. The maximum absolute atomic E-state index is 10.5. The van der Waals surface area contributed by atoms with Gasteiger partial charge in [0.25, 0.3) is 5.69 Å². The van der Waals surface area contributed by atoms with Crippen LogP contribution in [0.3, 0.4) is 0 Å². The highest BCUT2D eigenvalue weighted by molar-refractivity contribution is 5.76. The molecule has 0 aromatic heterocycles. The van der Waals surface area contributed by atoms with Gasteiger partial charge in [0.1, 0.15) is 5.69 Å². The van der Waals surface area contributed by atoms with E-state index in [-0.39, 0.29) is 5.69 Å². The molecule has 14 heavy (non-hydrogen) atoms. The molecule has 2 N–H and O–H groups in total. The molecular formula is C9H9N3O2. The van der Waals surface area contributed by atoms with Crippen molar-refractivity contribution in [2.75, 3.05) is 0 Å². The fourth-order valence-corrected chi connectivity index (χ4v) is 0.901. The molecule has 5 heteroatoms. The fraction of sp³-hybridized carbons (Fsp3) is 0. The summed E-state index contributed by atoms with van der Waals surface area (Å²) in [5, 5.41) is 10.5. The largest absolute Gasteiger partial charge is 0.405 e. The first-order valence-electron chi connectivity index (χ1n) is 3.90. The van der Waals surface area contributed by atoms with Crippen LogP contribution in [-0.2, 0) is 0 Å². The van der Waals surface area contributed by atoms with Gasteiger partial charge in [0.15, 0.2) is 0 Å². The molecule has 0 unspecified atom stereocenters. The first-order chi connectivity index (χ1) is 6.75. The summed E-state index contributed by atoms with van der Waals surface area (Å²) in [5.41, 5.74) is 5.38. The highest BCUT2D eigenvalue weighted by atomic mass is 16.6. The smallest absolute Gasteiger partial charge is 0.294 e. The second-order valence-corrected chi connectivity index (χ2v) is 2.41. The molecule has 0 radical (unpaired) electrons. The Kier molecular flexibility index (Phi) is 3.37. The van der Waals surface area contributed by atoms with Gasteiger partial charge in [-0.1, -0.05) is 12.1 Å². The molecule has 0 amide bonds. The summed E-state index contributed by atoms with van der Waals surface area (Å²) < 4.78 is 0. The zero-order chi connectivity index (χ0) is 10.4.